The molecule has 0 bridgehead atoms. The van der Waals surface area contributed by atoms with Crippen LogP contribution in [-0.2, 0) is 15.0 Å². The molecule has 1 aliphatic heterocycles. The molecular formula is C10H7F4NO3S. The van der Waals surface area contributed by atoms with E-state index in [1.807, 2.05) is 0 Å². The van der Waals surface area contributed by atoms with E-state index in [9.17, 15) is 30.3 Å². The molecule has 1 unspecified atom stereocenters. The van der Waals surface area contributed by atoms with E-state index in [1.54, 1.807) is 0 Å². The summed E-state index contributed by atoms with van der Waals surface area (Å²) in [6.07, 6.45) is -0.669. The molecule has 0 radical (unpaired) electrons. The molecular weight excluding hydrogens is 290 g/mol. The Morgan fingerprint density at radius 2 is 1.68 bits per heavy atom. The van der Waals surface area contributed by atoms with Gasteiger partial charge in [-0.1, -0.05) is 0 Å². The zero-order valence-electron chi connectivity index (χ0n) is 9.24. The van der Waals surface area contributed by atoms with Gasteiger partial charge in [0.05, 0.1) is 5.69 Å². The molecule has 1 atom stereocenters. The fourth-order valence-electron chi connectivity index (χ4n) is 1.82. The van der Waals surface area contributed by atoms with Gasteiger partial charge in [-0.05, 0) is 0 Å². The largest absolute Gasteiger partial charge is 0.308 e. The molecule has 0 saturated carbocycles. The number of hydrogen-bond acceptors (Lipinski definition) is 3. The van der Waals surface area contributed by atoms with Gasteiger partial charge in [0.25, 0.3) is 0 Å². The Labute approximate surface area is 105 Å². The first kappa shape index (κ1) is 13.8. The lowest BCUT2D eigenvalue weighted by molar-refractivity contribution is -0.117. The highest BCUT2D eigenvalue weighted by Gasteiger charge is 2.40. The Bertz CT molecular complexity index is 646. The van der Waals surface area contributed by atoms with E-state index >= 15 is 0 Å². The summed E-state index contributed by atoms with van der Waals surface area (Å²) in [4.78, 5) is 12.1. The molecule has 2 rings (SSSR count). The van der Waals surface area contributed by atoms with Gasteiger partial charge in [-0.25, -0.2) is 13.2 Å². The van der Waals surface area contributed by atoms with Crippen molar-refractivity contribution in [3.63, 3.8) is 0 Å². The van der Waals surface area contributed by atoms with Crippen molar-refractivity contribution < 1.29 is 30.3 Å². The highest BCUT2D eigenvalue weighted by Crippen LogP contribution is 2.29. The topological polar surface area (TPSA) is 54.5 Å². The smallest absolute Gasteiger partial charge is 0.307 e. The molecule has 0 aromatic heterocycles. The van der Waals surface area contributed by atoms with Gasteiger partial charge in [0, 0.05) is 25.1 Å². The average molecular weight is 297 g/mol. The second kappa shape index (κ2) is 4.48. The zero-order valence-corrected chi connectivity index (χ0v) is 10.1. The molecule has 1 fully saturated rings. The number of hydrogen-bond donors (Lipinski definition) is 0. The van der Waals surface area contributed by atoms with Crippen LogP contribution in [0.3, 0.4) is 0 Å². The lowest BCUT2D eigenvalue weighted by Crippen LogP contribution is -2.28. The molecule has 0 spiro atoms. The van der Waals surface area contributed by atoms with Crippen molar-refractivity contribution in [2.24, 2.45) is 0 Å². The minimum absolute atomic E-state index is 0.231. The maximum absolute atomic E-state index is 13.4. The fraction of sp³-hybridized carbons (Fsp3) is 0.300. The zero-order chi connectivity index (χ0) is 14.4. The molecule has 0 N–H and O–H groups in total. The highest BCUT2D eigenvalue weighted by molar-refractivity contribution is 7.87. The first-order chi connectivity index (χ1) is 8.70. The Kier molecular flexibility index (Phi) is 3.25. The van der Waals surface area contributed by atoms with Crippen molar-refractivity contribution in [1.82, 2.24) is 0 Å². The molecule has 4 nitrogen and oxygen atoms in total. The van der Waals surface area contributed by atoms with E-state index in [1.165, 1.54) is 0 Å². The van der Waals surface area contributed by atoms with Gasteiger partial charge in [-0.2, -0.15) is 8.42 Å². The standard InChI is InChI=1S/C10H7F4NO3S/c11-6-2-8(13)9(3-7(6)12)15-4-5(1-10(15)16)19(14,17)18/h2-3,5H,1,4H2. The summed E-state index contributed by atoms with van der Waals surface area (Å²) >= 11 is 0. The SMILES string of the molecule is O=C1CC(S(=O)(=O)F)CN1c1cc(F)c(F)cc1F. The van der Waals surface area contributed by atoms with Crippen LogP contribution in [0.1, 0.15) is 6.42 Å². The van der Waals surface area contributed by atoms with E-state index in [4.69, 9.17) is 0 Å². The Balaban J connectivity index is 2.39. The van der Waals surface area contributed by atoms with Crippen LogP contribution in [0.5, 0.6) is 0 Å². The number of benzene rings is 1. The van der Waals surface area contributed by atoms with Crippen molar-refractivity contribution in [2.45, 2.75) is 11.7 Å². The number of carbonyl (C=O) groups is 1. The second-order valence-corrected chi connectivity index (χ2v) is 5.64. The minimum atomic E-state index is -4.96. The quantitative estimate of drug-likeness (QED) is 0.472. The van der Waals surface area contributed by atoms with Crippen LogP contribution in [0, 0.1) is 17.5 Å². The number of rotatable bonds is 2. The maximum atomic E-state index is 13.4. The summed E-state index contributed by atoms with van der Waals surface area (Å²) in [6.45, 7) is -0.639. The number of amides is 1. The molecule has 1 amide bonds. The third-order valence-electron chi connectivity index (χ3n) is 2.77. The maximum Gasteiger partial charge on any atom is 0.307 e. The van der Waals surface area contributed by atoms with E-state index in [0.29, 0.717) is 11.0 Å². The third kappa shape index (κ3) is 2.55. The van der Waals surface area contributed by atoms with Crippen molar-refractivity contribution in [1.29, 1.82) is 0 Å². The monoisotopic (exact) mass is 297 g/mol. The fourth-order valence-corrected chi connectivity index (χ4v) is 2.48. The summed E-state index contributed by atoms with van der Waals surface area (Å²) in [5.41, 5.74) is -0.616. The molecule has 9 heteroatoms. The van der Waals surface area contributed by atoms with Crippen LogP contribution in [0.2, 0.25) is 0 Å². The summed E-state index contributed by atoms with van der Waals surface area (Å²) in [5, 5.41) is -1.63. The molecule has 1 heterocycles. The molecule has 0 aliphatic carbocycles. The van der Waals surface area contributed by atoms with Crippen LogP contribution in [0.25, 0.3) is 0 Å². The minimum Gasteiger partial charge on any atom is -0.308 e. The first-order valence-electron chi connectivity index (χ1n) is 5.08. The van der Waals surface area contributed by atoms with Gasteiger partial charge in [0.2, 0.25) is 5.91 Å². The summed E-state index contributed by atoms with van der Waals surface area (Å²) in [7, 11) is -4.96. The van der Waals surface area contributed by atoms with Crippen LogP contribution in [0.4, 0.5) is 22.7 Å². The number of carbonyl (C=O) groups excluding carboxylic acids is 1. The van der Waals surface area contributed by atoms with Gasteiger partial charge in [-0.15, -0.1) is 3.89 Å². The normalized spacial score (nSPS) is 20.1. The lowest BCUT2D eigenvalue weighted by atomic mass is 10.2. The highest BCUT2D eigenvalue weighted by atomic mass is 32.3. The predicted molar refractivity (Wildman–Crippen MR) is 57.1 cm³/mol. The number of anilines is 1. The van der Waals surface area contributed by atoms with Crippen LogP contribution in [0.15, 0.2) is 12.1 Å². The van der Waals surface area contributed by atoms with Crippen LogP contribution in [-0.4, -0.2) is 26.1 Å². The summed E-state index contributed by atoms with van der Waals surface area (Å²) in [6, 6.07) is 0.658. The van der Waals surface area contributed by atoms with E-state index < -0.39 is 57.5 Å². The van der Waals surface area contributed by atoms with E-state index in [2.05, 4.69) is 0 Å². The van der Waals surface area contributed by atoms with E-state index in [-0.39, 0.29) is 6.07 Å². The first-order valence-corrected chi connectivity index (χ1v) is 6.53. The lowest BCUT2D eigenvalue weighted by Gasteiger charge is -2.17. The van der Waals surface area contributed by atoms with Crippen molar-refractivity contribution in [2.75, 3.05) is 11.4 Å². The van der Waals surface area contributed by atoms with E-state index in [0.717, 1.165) is 0 Å². The number of halogens is 4. The molecule has 104 valence electrons. The molecule has 1 aliphatic rings. The molecule has 1 saturated heterocycles. The molecule has 19 heavy (non-hydrogen) atoms. The Hall–Kier alpha value is -1.64. The van der Waals surface area contributed by atoms with Crippen LogP contribution < -0.4 is 4.90 Å². The Morgan fingerprint density at radius 1 is 1.11 bits per heavy atom. The summed E-state index contributed by atoms with van der Waals surface area (Å²) in [5.74, 6) is -4.95. The molecule has 1 aromatic carbocycles. The van der Waals surface area contributed by atoms with Gasteiger partial charge >= 0.3 is 10.2 Å². The van der Waals surface area contributed by atoms with Gasteiger partial charge in [0.15, 0.2) is 11.6 Å². The van der Waals surface area contributed by atoms with Gasteiger partial charge in [0.1, 0.15) is 11.1 Å². The predicted octanol–water partition coefficient (Wildman–Crippen LogP) is 1.51. The molecule has 1 aromatic rings. The van der Waals surface area contributed by atoms with Crippen molar-refractivity contribution in [3.05, 3.63) is 29.6 Å². The summed E-state index contributed by atoms with van der Waals surface area (Å²) < 4.78 is 73.3. The third-order valence-corrected chi connectivity index (χ3v) is 3.88. The van der Waals surface area contributed by atoms with Gasteiger partial charge in [-0.3, -0.25) is 4.79 Å². The average Bonchev–Trinajstić information content (AvgIpc) is 2.65. The van der Waals surface area contributed by atoms with Crippen LogP contribution >= 0.6 is 0 Å². The van der Waals surface area contributed by atoms with Crippen molar-refractivity contribution >= 4 is 21.8 Å². The Morgan fingerprint density at radius 3 is 2.21 bits per heavy atom. The van der Waals surface area contributed by atoms with Gasteiger partial charge < -0.3 is 4.90 Å². The van der Waals surface area contributed by atoms with Crippen molar-refractivity contribution in [3.8, 4) is 0 Å². The number of nitrogens with zero attached hydrogens (tertiary/aromatic N) is 1. The second-order valence-electron chi connectivity index (χ2n) is 4.02.